The highest BCUT2D eigenvalue weighted by Gasteiger charge is 2.31. The van der Waals surface area contributed by atoms with Crippen molar-refractivity contribution in [3.63, 3.8) is 0 Å². The van der Waals surface area contributed by atoms with E-state index < -0.39 is 23.7 Å². The topological polar surface area (TPSA) is 132 Å². The fourth-order valence-corrected chi connectivity index (χ4v) is 5.72. The zero-order valence-corrected chi connectivity index (χ0v) is 22.1. The van der Waals surface area contributed by atoms with Crippen LogP contribution in [-0.4, -0.2) is 36.5 Å². The average Bonchev–Trinajstić information content (AvgIpc) is 3.57. The summed E-state index contributed by atoms with van der Waals surface area (Å²) in [5.41, 5.74) is 7.50. The fourth-order valence-electron chi connectivity index (χ4n) is 5.72. The van der Waals surface area contributed by atoms with E-state index in [0.717, 1.165) is 38.5 Å². The second-order valence-electron chi connectivity index (χ2n) is 10.2. The normalized spacial score (nSPS) is 16.4. The van der Waals surface area contributed by atoms with Crippen LogP contribution in [0.1, 0.15) is 91.3 Å². The van der Waals surface area contributed by atoms with Crippen LogP contribution in [0.25, 0.3) is 11.0 Å². The molecule has 2 unspecified atom stereocenters. The molecule has 0 aliphatic heterocycles. The summed E-state index contributed by atoms with van der Waals surface area (Å²) in [6, 6.07) is 7.84. The standard InChI is InChI=1S/C29H34FN7O2/c1-2-37-22(14-17-33-37)29(39)36-25(19-8-6-4-3-5-7-9-19)28-34-21-11-10-20(24(30)26(21)35-28)23(27(31)38)18-12-15-32-16-13-18/h10-17,19,23,25H,2-9H2,1H3,(H2,31,38)(H,34,35)(H,36,39). The number of aryl methyl sites for hydroxylation is 1. The van der Waals surface area contributed by atoms with E-state index >= 15 is 4.39 Å². The van der Waals surface area contributed by atoms with E-state index in [4.69, 9.17) is 5.73 Å². The van der Waals surface area contributed by atoms with Gasteiger partial charge in [0, 0.05) is 30.7 Å². The number of benzene rings is 1. The first-order chi connectivity index (χ1) is 19.0. The third-order valence-corrected chi connectivity index (χ3v) is 7.73. The summed E-state index contributed by atoms with van der Waals surface area (Å²) >= 11 is 0. The number of nitrogens with zero attached hydrogens (tertiary/aromatic N) is 4. The van der Waals surface area contributed by atoms with Crippen molar-refractivity contribution >= 4 is 22.8 Å². The van der Waals surface area contributed by atoms with Crippen LogP contribution in [0.5, 0.6) is 0 Å². The van der Waals surface area contributed by atoms with Crippen molar-refractivity contribution in [3.8, 4) is 0 Å². The van der Waals surface area contributed by atoms with E-state index in [0.29, 0.717) is 29.1 Å². The third-order valence-electron chi connectivity index (χ3n) is 7.73. The highest BCUT2D eigenvalue weighted by Crippen LogP contribution is 2.35. The third kappa shape index (κ3) is 5.55. The number of carbonyl (C=O) groups excluding carboxylic acids is 2. The average molecular weight is 532 g/mol. The van der Waals surface area contributed by atoms with Crippen LogP contribution in [-0.2, 0) is 11.3 Å². The number of nitrogens with one attached hydrogen (secondary N) is 2. The largest absolute Gasteiger partial charge is 0.369 e. The van der Waals surface area contributed by atoms with Crippen LogP contribution in [0.15, 0.2) is 48.9 Å². The van der Waals surface area contributed by atoms with E-state index in [1.54, 1.807) is 53.6 Å². The second kappa shape index (κ2) is 11.8. The number of amides is 2. The Morgan fingerprint density at radius 1 is 1.08 bits per heavy atom. The summed E-state index contributed by atoms with van der Waals surface area (Å²) in [7, 11) is 0. The lowest BCUT2D eigenvalue weighted by Crippen LogP contribution is -2.35. The Kier molecular flexibility index (Phi) is 7.99. The maximum absolute atomic E-state index is 16.0. The highest BCUT2D eigenvalue weighted by atomic mass is 19.1. The van der Waals surface area contributed by atoms with Gasteiger partial charge in [0.15, 0.2) is 5.82 Å². The predicted octanol–water partition coefficient (Wildman–Crippen LogP) is 4.76. The number of nitrogens with two attached hydrogens (primary N) is 1. The Morgan fingerprint density at radius 3 is 2.49 bits per heavy atom. The maximum atomic E-state index is 16.0. The number of aromatic amines is 1. The molecule has 4 N–H and O–H groups in total. The van der Waals surface area contributed by atoms with Crippen molar-refractivity contribution in [1.29, 1.82) is 0 Å². The predicted molar refractivity (Wildman–Crippen MR) is 145 cm³/mol. The van der Waals surface area contributed by atoms with E-state index in [-0.39, 0.29) is 22.9 Å². The van der Waals surface area contributed by atoms with E-state index in [1.165, 1.54) is 6.42 Å². The van der Waals surface area contributed by atoms with Crippen LogP contribution in [0.4, 0.5) is 4.39 Å². The van der Waals surface area contributed by atoms with Crippen molar-refractivity contribution in [2.75, 3.05) is 0 Å². The van der Waals surface area contributed by atoms with Crippen LogP contribution in [0, 0.1) is 11.7 Å². The molecule has 1 fully saturated rings. The van der Waals surface area contributed by atoms with Gasteiger partial charge in [-0.25, -0.2) is 9.37 Å². The number of halogens is 1. The molecule has 1 aromatic carbocycles. The summed E-state index contributed by atoms with van der Waals surface area (Å²) in [5.74, 6) is -1.85. The summed E-state index contributed by atoms with van der Waals surface area (Å²) in [4.78, 5) is 37.7. The van der Waals surface area contributed by atoms with E-state index in [1.807, 2.05) is 6.92 Å². The highest BCUT2D eigenvalue weighted by molar-refractivity contribution is 5.93. The van der Waals surface area contributed by atoms with Crippen molar-refractivity contribution in [3.05, 3.63) is 77.4 Å². The zero-order chi connectivity index (χ0) is 27.4. The summed E-state index contributed by atoms with van der Waals surface area (Å²) in [5, 5.41) is 7.42. The van der Waals surface area contributed by atoms with Gasteiger partial charge in [0.1, 0.15) is 17.0 Å². The molecule has 0 radical (unpaired) electrons. The fraction of sp³-hybridized carbons (Fsp3) is 0.414. The molecular formula is C29H34FN7O2. The van der Waals surface area contributed by atoms with E-state index in [9.17, 15) is 9.59 Å². The number of carbonyl (C=O) groups is 2. The smallest absolute Gasteiger partial charge is 0.270 e. The lowest BCUT2D eigenvalue weighted by atomic mass is 9.85. The molecule has 204 valence electrons. The minimum Gasteiger partial charge on any atom is -0.369 e. The molecule has 39 heavy (non-hydrogen) atoms. The van der Waals surface area contributed by atoms with Gasteiger partial charge in [0.05, 0.1) is 17.5 Å². The second-order valence-corrected chi connectivity index (χ2v) is 10.2. The first-order valence-corrected chi connectivity index (χ1v) is 13.7. The monoisotopic (exact) mass is 531 g/mol. The summed E-state index contributed by atoms with van der Waals surface area (Å²) < 4.78 is 17.6. The molecule has 1 saturated carbocycles. The number of H-pyrrole nitrogens is 1. The van der Waals surface area contributed by atoms with Crippen molar-refractivity contribution in [2.24, 2.45) is 11.7 Å². The Hall–Kier alpha value is -4.08. The lowest BCUT2D eigenvalue weighted by Gasteiger charge is -2.28. The number of pyridine rings is 1. The van der Waals surface area contributed by atoms with Gasteiger partial charge in [0.2, 0.25) is 5.91 Å². The number of rotatable bonds is 8. The molecule has 5 rings (SSSR count). The summed E-state index contributed by atoms with van der Waals surface area (Å²) in [6.45, 7) is 2.50. The van der Waals surface area contributed by atoms with Gasteiger partial charge >= 0.3 is 0 Å². The molecule has 1 aliphatic carbocycles. The molecule has 0 bridgehead atoms. The molecule has 4 aromatic rings. The van der Waals surface area contributed by atoms with Gasteiger partial charge in [-0.05, 0) is 55.5 Å². The van der Waals surface area contributed by atoms with E-state index in [2.05, 4.69) is 25.4 Å². The minimum atomic E-state index is -0.979. The Bertz CT molecular complexity index is 1440. The van der Waals surface area contributed by atoms with Crippen LogP contribution >= 0.6 is 0 Å². The zero-order valence-electron chi connectivity index (χ0n) is 22.1. The number of primary amides is 1. The number of imidazole rings is 1. The minimum absolute atomic E-state index is 0.117. The first-order valence-electron chi connectivity index (χ1n) is 13.7. The van der Waals surface area contributed by atoms with Gasteiger partial charge < -0.3 is 16.0 Å². The van der Waals surface area contributed by atoms with Gasteiger partial charge in [-0.3, -0.25) is 19.3 Å². The number of hydrogen-bond donors (Lipinski definition) is 3. The van der Waals surface area contributed by atoms with Gasteiger partial charge in [-0.15, -0.1) is 0 Å². The molecule has 2 amide bonds. The molecule has 2 atom stereocenters. The molecule has 10 heteroatoms. The van der Waals surface area contributed by atoms with Crippen molar-refractivity contribution in [1.82, 2.24) is 30.0 Å². The number of aromatic nitrogens is 5. The van der Waals surface area contributed by atoms with Gasteiger partial charge in [0.25, 0.3) is 5.91 Å². The Morgan fingerprint density at radius 2 is 1.79 bits per heavy atom. The molecule has 9 nitrogen and oxygen atoms in total. The van der Waals surface area contributed by atoms with Crippen LogP contribution < -0.4 is 11.1 Å². The summed E-state index contributed by atoms with van der Waals surface area (Å²) in [6.07, 6.45) is 12.2. The molecular weight excluding hydrogens is 497 g/mol. The molecule has 1 aliphatic rings. The first kappa shape index (κ1) is 26.5. The van der Waals surface area contributed by atoms with Crippen molar-refractivity contribution < 1.29 is 14.0 Å². The number of hydrogen-bond acceptors (Lipinski definition) is 5. The molecule has 0 spiro atoms. The maximum Gasteiger partial charge on any atom is 0.270 e. The molecule has 0 saturated heterocycles. The SMILES string of the molecule is CCn1nccc1C(=O)NC(c1nc2c(F)c(C(C(N)=O)c3ccncc3)ccc2[nH]1)C1CCCCCCC1. The van der Waals surface area contributed by atoms with Gasteiger partial charge in [-0.1, -0.05) is 38.2 Å². The lowest BCUT2D eigenvalue weighted by molar-refractivity contribution is -0.118. The number of fused-ring (bicyclic) bond motifs is 1. The Balaban J connectivity index is 1.54. The molecule has 3 heterocycles. The molecule has 3 aromatic heterocycles. The quantitative estimate of drug-likeness (QED) is 0.302. The Labute approximate surface area is 226 Å². The van der Waals surface area contributed by atoms with Crippen molar-refractivity contribution in [2.45, 2.75) is 70.4 Å². The van der Waals surface area contributed by atoms with Gasteiger partial charge in [-0.2, -0.15) is 5.10 Å². The van der Waals surface area contributed by atoms with Crippen LogP contribution in [0.3, 0.4) is 0 Å². The van der Waals surface area contributed by atoms with Crippen LogP contribution in [0.2, 0.25) is 0 Å².